The predicted octanol–water partition coefficient (Wildman–Crippen LogP) is -0.629. The summed E-state index contributed by atoms with van der Waals surface area (Å²) in [6.07, 6.45) is 1.72. The number of carbonyl (C=O) groups excluding carboxylic acids is 1. The first kappa shape index (κ1) is 9.15. The first-order chi connectivity index (χ1) is 5.99. The van der Waals surface area contributed by atoms with E-state index in [0.717, 1.165) is 12.7 Å². The normalized spacial score (nSPS) is 40.1. The van der Waals surface area contributed by atoms with Crippen molar-refractivity contribution in [3.05, 3.63) is 0 Å². The number of aldehydes is 1. The number of carbonyl (C=O) groups is 1. The molecule has 2 atom stereocenters. The van der Waals surface area contributed by atoms with E-state index >= 15 is 0 Å². The lowest BCUT2D eigenvalue weighted by atomic mass is 9.65. The summed E-state index contributed by atoms with van der Waals surface area (Å²) in [6, 6.07) is 0. The van der Waals surface area contributed by atoms with Crippen molar-refractivity contribution in [2.24, 2.45) is 11.3 Å². The molecule has 0 bridgehead atoms. The van der Waals surface area contributed by atoms with Crippen LogP contribution in [0.15, 0.2) is 0 Å². The Labute approximate surface area is 76.9 Å². The summed E-state index contributed by atoms with van der Waals surface area (Å²) in [7, 11) is -2.99. The third-order valence-corrected chi connectivity index (χ3v) is 5.14. The van der Waals surface area contributed by atoms with E-state index in [4.69, 9.17) is 0 Å². The number of aliphatic hydroxyl groups is 1. The zero-order valence-corrected chi connectivity index (χ0v) is 7.96. The van der Waals surface area contributed by atoms with Crippen molar-refractivity contribution in [1.82, 2.24) is 0 Å². The Morgan fingerprint density at radius 1 is 1.31 bits per heavy atom. The molecule has 13 heavy (non-hydrogen) atoms. The summed E-state index contributed by atoms with van der Waals surface area (Å²) in [5.74, 6) is -0.246. The summed E-state index contributed by atoms with van der Waals surface area (Å²) < 4.78 is 21.9. The molecule has 4 nitrogen and oxygen atoms in total. The van der Waals surface area contributed by atoms with Gasteiger partial charge in [-0.25, -0.2) is 8.42 Å². The van der Waals surface area contributed by atoms with E-state index in [-0.39, 0.29) is 17.4 Å². The molecule has 0 spiro atoms. The molecular weight excluding hydrogens is 192 g/mol. The number of hydrogen-bond acceptors (Lipinski definition) is 4. The molecule has 0 amide bonds. The van der Waals surface area contributed by atoms with E-state index in [2.05, 4.69) is 0 Å². The van der Waals surface area contributed by atoms with Crippen LogP contribution in [0, 0.1) is 11.3 Å². The molecule has 74 valence electrons. The van der Waals surface area contributed by atoms with Crippen molar-refractivity contribution >= 4 is 16.1 Å². The van der Waals surface area contributed by atoms with Gasteiger partial charge in [0, 0.05) is 0 Å². The van der Waals surface area contributed by atoms with E-state index in [1.807, 2.05) is 0 Å². The largest absolute Gasteiger partial charge is 0.393 e. The quantitative estimate of drug-likeness (QED) is 0.608. The minimum atomic E-state index is -2.99. The SMILES string of the molecule is O=CC1(C2CCC2O)CS(=O)(=O)C1. The van der Waals surface area contributed by atoms with Crippen LogP contribution in [-0.4, -0.2) is 37.4 Å². The molecule has 2 aliphatic rings. The molecule has 0 aromatic heterocycles. The van der Waals surface area contributed by atoms with Crippen molar-refractivity contribution in [2.45, 2.75) is 18.9 Å². The van der Waals surface area contributed by atoms with Crippen LogP contribution in [0.25, 0.3) is 0 Å². The van der Waals surface area contributed by atoms with E-state index < -0.39 is 21.4 Å². The highest BCUT2D eigenvalue weighted by atomic mass is 32.2. The maximum Gasteiger partial charge on any atom is 0.152 e. The van der Waals surface area contributed by atoms with Gasteiger partial charge in [-0.1, -0.05) is 0 Å². The second kappa shape index (κ2) is 2.54. The molecule has 1 saturated heterocycles. The smallest absolute Gasteiger partial charge is 0.152 e. The van der Waals surface area contributed by atoms with Crippen LogP contribution in [-0.2, 0) is 14.6 Å². The van der Waals surface area contributed by atoms with Crippen LogP contribution in [0.5, 0.6) is 0 Å². The molecular formula is C8H12O4S. The lowest BCUT2D eigenvalue weighted by molar-refractivity contribution is -0.125. The Hall–Kier alpha value is -0.420. The third-order valence-electron chi connectivity index (χ3n) is 3.19. The fraction of sp³-hybridized carbons (Fsp3) is 0.875. The first-order valence-electron chi connectivity index (χ1n) is 4.34. The van der Waals surface area contributed by atoms with Gasteiger partial charge < -0.3 is 9.90 Å². The van der Waals surface area contributed by atoms with Crippen LogP contribution in [0.1, 0.15) is 12.8 Å². The highest BCUT2D eigenvalue weighted by Gasteiger charge is 2.57. The summed E-state index contributed by atoms with van der Waals surface area (Å²) in [5.41, 5.74) is -0.753. The molecule has 1 heterocycles. The monoisotopic (exact) mass is 204 g/mol. The van der Waals surface area contributed by atoms with Gasteiger partial charge in [0.25, 0.3) is 0 Å². The lowest BCUT2D eigenvalue weighted by Crippen LogP contribution is -2.60. The molecule has 5 heteroatoms. The molecule has 1 saturated carbocycles. The molecule has 1 aliphatic carbocycles. The summed E-state index contributed by atoms with van der Waals surface area (Å²) in [6.45, 7) is 0. The number of aliphatic hydroxyl groups excluding tert-OH is 1. The highest BCUT2D eigenvalue weighted by Crippen LogP contribution is 2.47. The van der Waals surface area contributed by atoms with Crippen LogP contribution >= 0.6 is 0 Å². The van der Waals surface area contributed by atoms with Crippen LogP contribution < -0.4 is 0 Å². The standard InChI is InChI=1S/C8H12O4S/c9-3-8(4-13(11,12)5-8)6-1-2-7(6)10/h3,6-7,10H,1-2,4-5H2. The van der Waals surface area contributed by atoms with Crippen molar-refractivity contribution in [2.75, 3.05) is 11.5 Å². The Bertz CT molecular complexity index is 320. The average Bonchev–Trinajstić information content (AvgIpc) is 1.97. The maximum absolute atomic E-state index is 11.0. The molecule has 1 aliphatic heterocycles. The molecule has 2 unspecified atom stereocenters. The Balaban J connectivity index is 2.15. The van der Waals surface area contributed by atoms with Crippen LogP contribution in [0.4, 0.5) is 0 Å². The van der Waals surface area contributed by atoms with Gasteiger partial charge in [0.1, 0.15) is 6.29 Å². The highest BCUT2D eigenvalue weighted by molar-refractivity contribution is 7.93. The van der Waals surface area contributed by atoms with Crippen LogP contribution in [0.2, 0.25) is 0 Å². The summed E-state index contributed by atoms with van der Waals surface area (Å²) >= 11 is 0. The Morgan fingerprint density at radius 3 is 2.15 bits per heavy atom. The number of hydrogen-bond donors (Lipinski definition) is 1. The molecule has 1 N–H and O–H groups in total. The predicted molar refractivity (Wildman–Crippen MR) is 45.9 cm³/mol. The van der Waals surface area contributed by atoms with Crippen molar-refractivity contribution in [3.8, 4) is 0 Å². The number of rotatable bonds is 2. The minimum Gasteiger partial charge on any atom is -0.393 e. The van der Waals surface area contributed by atoms with Gasteiger partial charge in [-0.15, -0.1) is 0 Å². The fourth-order valence-corrected chi connectivity index (χ4v) is 4.42. The van der Waals surface area contributed by atoms with Gasteiger partial charge in [0.05, 0.1) is 23.0 Å². The molecule has 0 aromatic carbocycles. The first-order valence-corrected chi connectivity index (χ1v) is 6.16. The summed E-state index contributed by atoms with van der Waals surface area (Å²) in [4.78, 5) is 10.8. The second-order valence-electron chi connectivity index (χ2n) is 4.13. The van der Waals surface area contributed by atoms with Crippen molar-refractivity contribution in [3.63, 3.8) is 0 Å². The van der Waals surface area contributed by atoms with Gasteiger partial charge >= 0.3 is 0 Å². The van der Waals surface area contributed by atoms with Gasteiger partial charge in [0.15, 0.2) is 9.84 Å². The third kappa shape index (κ3) is 1.21. The maximum atomic E-state index is 11.0. The minimum absolute atomic E-state index is 0.0643. The Kier molecular flexibility index (Phi) is 1.79. The molecule has 2 fully saturated rings. The molecule has 0 radical (unpaired) electrons. The van der Waals surface area contributed by atoms with Crippen LogP contribution in [0.3, 0.4) is 0 Å². The zero-order chi connectivity index (χ0) is 9.69. The average molecular weight is 204 g/mol. The van der Waals surface area contributed by atoms with Gasteiger partial charge in [-0.05, 0) is 18.8 Å². The van der Waals surface area contributed by atoms with Gasteiger partial charge in [-0.3, -0.25) is 0 Å². The lowest BCUT2D eigenvalue weighted by Gasteiger charge is -2.49. The van der Waals surface area contributed by atoms with Gasteiger partial charge in [-0.2, -0.15) is 0 Å². The van der Waals surface area contributed by atoms with Gasteiger partial charge in [0.2, 0.25) is 0 Å². The zero-order valence-electron chi connectivity index (χ0n) is 7.14. The van der Waals surface area contributed by atoms with E-state index in [1.165, 1.54) is 0 Å². The molecule has 0 aromatic rings. The molecule has 2 rings (SSSR count). The Morgan fingerprint density at radius 2 is 1.92 bits per heavy atom. The van der Waals surface area contributed by atoms with E-state index in [1.54, 1.807) is 0 Å². The summed E-state index contributed by atoms with van der Waals surface area (Å²) in [5, 5.41) is 9.36. The number of sulfone groups is 1. The fourth-order valence-electron chi connectivity index (χ4n) is 2.30. The van der Waals surface area contributed by atoms with E-state index in [9.17, 15) is 18.3 Å². The topological polar surface area (TPSA) is 71.4 Å². The van der Waals surface area contributed by atoms with E-state index in [0.29, 0.717) is 6.42 Å². The van der Waals surface area contributed by atoms with Crippen molar-refractivity contribution < 1.29 is 18.3 Å². The van der Waals surface area contributed by atoms with Crippen molar-refractivity contribution in [1.29, 1.82) is 0 Å². The second-order valence-corrected chi connectivity index (χ2v) is 6.20.